The highest BCUT2D eigenvalue weighted by atomic mass is 16.6. The van der Waals surface area contributed by atoms with E-state index in [9.17, 15) is 19.2 Å². The molecule has 0 fully saturated rings. The Labute approximate surface area is 174 Å². The maximum atomic E-state index is 12.5. The van der Waals surface area contributed by atoms with E-state index in [2.05, 4.69) is 15.6 Å². The van der Waals surface area contributed by atoms with Crippen LogP contribution in [0, 0.1) is 5.92 Å². The van der Waals surface area contributed by atoms with Crippen LogP contribution in [0.1, 0.15) is 25.3 Å². The first kappa shape index (κ1) is 22.8. The van der Waals surface area contributed by atoms with Crippen molar-refractivity contribution in [3.63, 3.8) is 0 Å². The highest BCUT2D eigenvalue weighted by molar-refractivity contribution is 5.91. The van der Waals surface area contributed by atoms with Gasteiger partial charge in [-0.2, -0.15) is 0 Å². The van der Waals surface area contributed by atoms with Crippen molar-refractivity contribution < 1.29 is 28.7 Å². The second-order valence-electron chi connectivity index (χ2n) is 6.59. The number of carbonyl (C=O) groups is 4. The van der Waals surface area contributed by atoms with E-state index in [1.165, 1.54) is 12.2 Å². The van der Waals surface area contributed by atoms with Crippen LogP contribution < -0.4 is 10.6 Å². The van der Waals surface area contributed by atoms with Gasteiger partial charge in [0.2, 0.25) is 17.9 Å². The lowest BCUT2D eigenvalue weighted by Crippen LogP contribution is -2.38. The van der Waals surface area contributed by atoms with Crippen molar-refractivity contribution in [2.24, 2.45) is 5.92 Å². The zero-order chi connectivity index (χ0) is 21.8. The number of aromatic nitrogens is 1. The van der Waals surface area contributed by atoms with Crippen LogP contribution in [0.25, 0.3) is 6.08 Å². The molecule has 1 aromatic rings. The van der Waals surface area contributed by atoms with E-state index in [1.54, 1.807) is 43.6 Å². The number of pyridine rings is 1. The minimum Gasteiger partial charge on any atom is -0.463 e. The quantitative estimate of drug-likeness (QED) is 0.699. The molecule has 2 atom stereocenters. The fourth-order valence-corrected chi connectivity index (χ4v) is 2.50. The zero-order valence-electron chi connectivity index (χ0n) is 16.7. The van der Waals surface area contributed by atoms with E-state index in [4.69, 9.17) is 9.47 Å². The summed E-state index contributed by atoms with van der Waals surface area (Å²) in [6.07, 6.45) is 8.68. The third kappa shape index (κ3) is 8.26. The summed E-state index contributed by atoms with van der Waals surface area (Å²) in [5.41, 5.74) is 0.885. The lowest BCUT2D eigenvalue weighted by atomic mass is 10.0. The van der Waals surface area contributed by atoms with Gasteiger partial charge in [-0.05, 0) is 23.8 Å². The molecule has 1 aromatic heterocycles. The molecule has 30 heavy (non-hydrogen) atoms. The molecule has 0 saturated carbocycles. The number of hydrogen-bond acceptors (Lipinski definition) is 7. The molecule has 0 aliphatic carbocycles. The average Bonchev–Trinajstić information content (AvgIpc) is 2.74. The van der Waals surface area contributed by atoms with Gasteiger partial charge < -0.3 is 20.1 Å². The van der Waals surface area contributed by atoms with Gasteiger partial charge in [0.25, 0.3) is 0 Å². The summed E-state index contributed by atoms with van der Waals surface area (Å²) in [5.74, 6) is -2.64. The Morgan fingerprint density at radius 2 is 1.93 bits per heavy atom. The predicted molar refractivity (Wildman–Crippen MR) is 108 cm³/mol. The van der Waals surface area contributed by atoms with Gasteiger partial charge in [0.15, 0.2) is 0 Å². The molecule has 0 radical (unpaired) electrons. The second kappa shape index (κ2) is 12.2. The molecule has 0 spiro atoms. The Kier molecular flexibility index (Phi) is 9.23. The molecule has 2 N–H and O–H groups in total. The van der Waals surface area contributed by atoms with Crippen LogP contribution in [0.15, 0.2) is 42.8 Å². The molecule has 1 aliphatic rings. The predicted octanol–water partition coefficient (Wildman–Crippen LogP) is 0.768. The van der Waals surface area contributed by atoms with E-state index in [1.807, 2.05) is 0 Å². The van der Waals surface area contributed by atoms with Gasteiger partial charge in [0.1, 0.15) is 0 Å². The largest absolute Gasteiger partial charge is 0.463 e. The Balaban J connectivity index is 2.08. The number of nitrogens with zero attached hydrogens (tertiary/aromatic N) is 1. The lowest BCUT2D eigenvalue weighted by Gasteiger charge is -2.21. The number of nitrogens with one attached hydrogen (secondary N) is 2. The fourth-order valence-electron chi connectivity index (χ4n) is 2.50. The Hall–Kier alpha value is -3.49. The van der Waals surface area contributed by atoms with Crippen molar-refractivity contribution in [3.05, 3.63) is 48.3 Å². The van der Waals surface area contributed by atoms with Crippen LogP contribution in [0.5, 0.6) is 0 Å². The van der Waals surface area contributed by atoms with Crippen LogP contribution in [-0.2, 0) is 28.7 Å². The number of cyclic esters (lactones) is 2. The number of esters is 2. The first-order valence-electron chi connectivity index (χ1n) is 9.61. The maximum absolute atomic E-state index is 12.5. The number of rotatable bonds is 3. The van der Waals surface area contributed by atoms with Gasteiger partial charge in [-0.1, -0.05) is 25.2 Å². The maximum Gasteiger partial charge on any atom is 0.348 e. The monoisotopic (exact) mass is 415 g/mol. The summed E-state index contributed by atoms with van der Waals surface area (Å²) in [5, 5.41) is 4.91. The number of carbonyl (C=O) groups excluding carboxylic acids is 4. The number of hydrogen-bond donors (Lipinski definition) is 2. The molecular formula is C21H25N3O6. The van der Waals surface area contributed by atoms with Crippen LogP contribution in [0.3, 0.4) is 0 Å². The van der Waals surface area contributed by atoms with E-state index in [0.717, 1.165) is 5.56 Å². The minimum absolute atomic E-state index is 0.0202. The normalized spacial score (nSPS) is 21.8. The lowest BCUT2D eigenvalue weighted by molar-refractivity contribution is -0.170. The smallest absolute Gasteiger partial charge is 0.348 e. The van der Waals surface area contributed by atoms with Crippen molar-refractivity contribution in [3.8, 4) is 0 Å². The van der Waals surface area contributed by atoms with E-state index in [-0.39, 0.29) is 26.1 Å². The first-order chi connectivity index (χ1) is 14.5. The Morgan fingerprint density at radius 3 is 2.70 bits per heavy atom. The molecule has 2 amide bonds. The summed E-state index contributed by atoms with van der Waals surface area (Å²) in [4.78, 5) is 51.9. The molecule has 1 aliphatic heterocycles. The van der Waals surface area contributed by atoms with Gasteiger partial charge in [-0.3, -0.25) is 19.4 Å². The number of amides is 2. The molecule has 2 rings (SSSR count). The van der Waals surface area contributed by atoms with Crippen molar-refractivity contribution >= 4 is 29.8 Å². The van der Waals surface area contributed by atoms with Gasteiger partial charge in [0.05, 0.1) is 19.6 Å². The van der Waals surface area contributed by atoms with Crippen LogP contribution in [-0.4, -0.2) is 54.5 Å². The SMILES string of the molecule is CC(C=Cc1ccncc1)[C@H]1OC(=O)CCNC(=O)CNC(=O)/C=C/CCOC1=O. The van der Waals surface area contributed by atoms with Crippen molar-refractivity contribution in [1.82, 2.24) is 15.6 Å². The molecule has 9 nitrogen and oxygen atoms in total. The molecule has 2 heterocycles. The van der Waals surface area contributed by atoms with Crippen LogP contribution in [0.4, 0.5) is 0 Å². The highest BCUT2D eigenvalue weighted by Gasteiger charge is 2.29. The summed E-state index contributed by atoms with van der Waals surface area (Å²) in [7, 11) is 0. The van der Waals surface area contributed by atoms with E-state index in [0.29, 0.717) is 6.42 Å². The molecule has 9 heteroatoms. The second-order valence-corrected chi connectivity index (χ2v) is 6.59. The summed E-state index contributed by atoms with van der Waals surface area (Å²) in [6, 6.07) is 3.61. The third-order valence-electron chi connectivity index (χ3n) is 4.14. The van der Waals surface area contributed by atoms with Crippen LogP contribution >= 0.6 is 0 Å². The van der Waals surface area contributed by atoms with E-state index >= 15 is 0 Å². The molecule has 1 unspecified atom stereocenters. The Morgan fingerprint density at radius 1 is 1.17 bits per heavy atom. The average molecular weight is 415 g/mol. The molecule has 0 aromatic carbocycles. The zero-order valence-corrected chi connectivity index (χ0v) is 16.7. The summed E-state index contributed by atoms with van der Waals surface area (Å²) < 4.78 is 10.6. The summed E-state index contributed by atoms with van der Waals surface area (Å²) in [6.45, 7) is 1.58. The third-order valence-corrected chi connectivity index (χ3v) is 4.14. The molecular weight excluding hydrogens is 390 g/mol. The van der Waals surface area contributed by atoms with Crippen LogP contribution in [0.2, 0.25) is 0 Å². The standard InChI is InChI=1S/C21H25N3O6/c1-15(5-6-16-7-10-22-11-8-16)20-21(28)29-13-3-2-4-17(25)24-14-18(26)23-12-9-19(27)30-20/h2,4-8,10-11,15,20H,3,9,12-14H2,1H3,(H,23,26)(H,24,25)/b4-2+,6-5?/t15?,20-/m1/s1. The van der Waals surface area contributed by atoms with E-state index < -0.39 is 35.8 Å². The van der Waals surface area contributed by atoms with Gasteiger partial charge in [0, 0.05) is 31.3 Å². The summed E-state index contributed by atoms with van der Waals surface area (Å²) >= 11 is 0. The molecule has 0 saturated heterocycles. The van der Waals surface area contributed by atoms with Crippen molar-refractivity contribution in [2.75, 3.05) is 19.7 Å². The highest BCUT2D eigenvalue weighted by Crippen LogP contribution is 2.15. The van der Waals surface area contributed by atoms with Crippen molar-refractivity contribution in [2.45, 2.75) is 25.9 Å². The Bertz CT molecular complexity index is 806. The molecule has 160 valence electrons. The van der Waals surface area contributed by atoms with Crippen molar-refractivity contribution in [1.29, 1.82) is 0 Å². The topological polar surface area (TPSA) is 124 Å². The minimum atomic E-state index is -1.13. The van der Waals surface area contributed by atoms with Gasteiger partial charge >= 0.3 is 11.9 Å². The molecule has 0 bridgehead atoms. The fraction of sp³-hybridized carbons (Fsp3) is 0.381. The number of ether oxygens (including phenoxy) is 2. The van der Waals surface area contributed by atoms with Gasteiger partial charge in [-0.15, -0.1) is 0 Å². The first-order valence-corrected chi connectivity index (χ1v) is 9.61. The van der Waals surface area contributed by atoms with Gasteiger partial charge in [-0.25, -0.2) is 4.79 Å².